The number of hydrogen-bond acceptors (Lipinski definition) is 13. The van der Waals surface area contributed by atoms with Crippen molar-refractivity contribution in [1.29, 1.82) is 0 Å². The summed E-state index contributed by atoms with van der Waals surface area (Å²) in [7, 11) is -3.90. The maximum Gasteiger partial charge on any atom is 0.341 e. The van der Waals surface area contributed by atoms with Crippen LogP contribution in [0.1, 0.15) is 5.82 Å². The largest absolute Gasteiger partial charge is 0.341 e. The zero-order valence-corrected chi connectivity index (χ0v) is 17.2. The normalized spacial score (nSPS) is 13.1. The van der Waals surface area contributed by atoms with Crippen LogP contribution in [0.2, 0.25) is 0 Å². The molecule has 31 heavy (non-hydrogen) atoms. The molecule has 4 rings (SSSR count). The fourth-order valence-corrected chi connectivity index (χ4v) is 3.71. The Bertz CT molecular complexity index is 1630. The van der Waals surface area contributed by atoms with Crippen molar-refractivity contribution >= 4 is 43.5 Å². The minimum Gasteiger partial charge on any atom is -0.314 e. The van der Waals surface area contributed by atoms with E-state index in [1.807, 2.05) is 0 Å². The maximum absolute atomic E-state index is 12.6. The van der Waals surface area contributed by atoms with E-state index in [4.69, 9.17) is 9.66 Å². The van der Waals surface area contributed by atoms with Crippen molar-refractivity contribution in [3.8, 4) is 0 Å². The number of anilines is 2. The van der Waals surface area contributed by atoms with Gasteiger partial charge in [0.1, 0.15) is 10.4 Å². The van der Waals surface area contributed by atoms with E-state index >= 15 is 0 Å². The number of nitrogens with two attached hydrogens (primary N) is 1. The molecule has 0 aliphatic heterocycles. The smallest absolute Gasteiger partial charge is 0.314 e. The van der Waals surface area contributed by atoms with Crippen LogP contribution in [0.15, 0.2) is 59.5 Å². The van der Waals surface area contributed by atoms with E-state index in [1.54, 1.807) is 6.92 Å². The molecular formula is C16H12N8O5S2. The zero-order valence-electron chi connectivity index (χ0n) is 15.6. The molecule has 0 aliphatic carbocycles. The van der Waals surface area contributed by atoms with Crippen molar-refractivity contribution in [2.75, 3.05) is 10.9 Å². The molecule has 13 nitrogen and oxygen atoms in total. The standard InChI is InChI=1S/C16H12N8O5S2/c1-7-18-16(29-23-7)22-20-13-12(25)5-4-11(14(13)26)19-21-15-9-6-8(31(17,27)28)2-3-10(9)24-30-15/h2-6,21H,1H3,(H2,17,27,28)(H,18,22,23)/b19-11+,20-13+. The Labute approximate surface area is 176 Å². The van der Waals surface area contributed by atoms with Crippen molar-refractivity contribution in [2.45, 2.75) is 11.8 Å². The molecule has 2 aromatic heterocycles. The second-order valence-corrected chi connectivity index (χ2v) is 8.42. The SMILES string of the molecule is Cc1noc(N/N=c2\c(=O)cc/c(=N\Nc3snc4ccc(S(N)(=O)=O)cc34)c2=O)n1. The maximum atomic E-state index is 12.6. The Kier molecular flexibility index (Phi) is 5.14. The van der Waals surface area contributed by atoms with E-state index in [-0.39, 0.29) is 16.3 Å². The highest BCUT2D eigenvalue weighted by molar-refractivity contribution is 7.89. The summed E-state index contributed by atoms with van der Waals surface area (Å²) >= 11 is 1.01. The lowest BCUT2D eigenvalue weighted by Crippen LogP contribution is -2.47. The molecule has 0 spiro atoms. The molecule has 0 saturated heterocycles. The molecular weight excluding hydrogens is 448 g/mol. The number of sulfonamides is 1. The highest BCUT2D eigenvalue weighted by Crippen LogP contribution is 2.29. The molecule has 2 aromatic carbocycles. The van der Waals surface area contributed by atoms with Crippen molar-refractivity contribution in [2.24, 2.45) is 15.3 Å². The van der Waals surface area contributed by atoms with Crippen LogP contribution in [-0.2, 0) is 10.0 Å². The molecule has 0 unspecified atom stereocenters. The lowest BCUT2D eigenvalue weighted by Gasteiger charge is -1.99. The van der Waals surface area contributed by atoms with E-state index in [9.17, 15) is 18.0 Å². The van der Waals surface area contributed by atoms with Crippen molar-refractivity contribution in [3.05, 3.63) is 67.3 Å². The van der Waals surface area contributed by atoms with Gasteiger partial charge in [0.05, 0.1) is 10.4 Å². The van der Waals surface area contributed by atoms with Crippen LogP contribution in [0.5, 0.6) is 0 Å². The summed E-state index contributed by atoms with van der Waals surface area (Å²) in [5.41, 5.74) is 4.16. The minimum atomic E-state index is -3.90. The predicted molar refractivity (Wildman–Crippen MR) is 110 cm³/mol. The number of primary sulfonamides is 1. The Balaban J connectivity index is 1.72. The van der Waals surface area contributed by atoms with Gasteiger partial charge in [-0.3, -0.25) is 15.0 Å². The highest BCUT2D eigenvalue weighted by Gasteiger charge is 2.12. The van der Waals surface area contributed by atoms with Crippen molar-refractivity contribution < 1.29 is 12.9 Å². The highest BCUT2D eigenvalue weighted by atomic mass is 32.2. The second kappa shape index (κ2) is 7.78. The van der Waals surface area contributed by atoms with E-state index in [0.717, 1.165) is 17.6 Å². The van der Waals surface area contributed by atoms with Gasteiger partial charge in [0.2, 0.25) is 20.9 Å². The van der Waals surface area contributed by atoms with Gasteiger partial charge < -0.3 is 4.52 Å². The van der Waals surface area contributed by atoms with Crippen LogP contribution in [0.25, 0.3) is 10.9 Å². The molecule has 0 amide bonds. The summed E-state index contributed by atoms with van der Waals surface area (Å²) < 4.78 is 32.1. The van der Waals surface area contributed by atoms with Gasteiger partial charge in [-0.1, -0.05) is 5.16 Å². The number of aromatic nitrogens is 3. The van der Waals surface area contributed by atoms with E-state index in [0.29, 0.717) is 21.7 Å². The first-order valence-corrected chi connectivity index (χ1v) is 10.7. The fraction of sp³-hybridized carbons (Fsp3) is 0.0625. The molecule has 0 saturated carbocycles. The number of aryl methyl sites for hydroxylation is 1. The molecule has 4 N–H and O–H groups in total. The quantitative estimate of drug-likeness (QED) is 0.314. The van der Waals surface area contributed by atoms with Crippen LogP contribution in [-0.4, -0.2) is 22.9 Å². The van der Waals surface area contributed by atoms with Gasteiger partial charge in [0.25, 0.3) is 0 Å². The Hall–Kier alpha value is -3.82. The summed E-state index contributed by atoms with van der Waals surface area (Å²) in [4.78, 5) is 28.4. The molecule has 0 radical (unpaired) electrons. The molecule has 0 atom stereocenters. The van der Waals surface area contributed by atoms with E-state index in [2.05, 4.69) is 35.6 Å². The predicted octanol–water partition coefficient (Wildman–Crippen LogP) is -0.913. The third kappa shape index (κ3) is 4.23. The van der Waals surface area contributed by atoms with Gasteiger partial charge in [-0.25, -0.2) is 19.0 Å². The molecule has 158 valence electrons. The van der Waals surface area contributed by atoms with E-state index in [1.165, 1.54) is 24.3 Å². The first kappa shape index (κ1) is 20.5. The Morgan fingerprint density at radius 2 is 1.94 bits per heavy atom. The van der Waals surface area contributed by atoms with Crippen LogP contribution >= 0.6 is 11.5 Å². The van der Waals surface area contributed by atoms with Crippen LogP contribution in [0.3, 0.4) is 0 Å². The first-order valence-electron chi connectivity index (χ1n) is 8.39. The number of fused-ring (bicyclic) bond motifs is 1. The van der Waals surface area contributed by atoms with Gasteiger partial charge in [-0.15, -0.1) is 0 Å². The number of hydrogen-bond donors (Lipinski definition) is 3. The summed E-state index contributed by atoms with van der Waals surface area (Å²) in [6.45, 7) is 1.59. The number of benzene rings is 2. The Morgan fingerprint density at radius 3 is 2.65 bits per heavy atom. The van der Waals surface area contributed by atoms with Crippen LogP contribution in [0, 0.1) is 6.92 Å². The molecule has 0 aliphatic rings. The fourth-order valence-electron chi connectivity index (χ4n) is 2.47. The van der Waals surface area contributed by atoms with E-state index < -0.39 is 26.2 Å². The minimum absolute atomic E-state index is 0.0847. The number of nitrogens with one attached hydrogen (secondary N) is 2. The summed E-state index contributed by atoms with van der Waals surface area (Å²) in [6.07, 6.45) is 0. The summed E-state index contributed by atoms with van der Waals surface area (Å²) in [6, 6.07) is 6.47. The van der Waals surface area contributed by atoms with Gasteiger partial charge >= 0.3 is 6.01 Å². The molecule has 0 bridgehead atoms. The van der Waals surface area contributed by atoms with Gasteiger partial charge in [-0.05, 0) is 48.8 Å². The second-order valence-electron chi connectivity index (χ2n) is 6.09. The van der Waals surface area contributed by atoms with Crippen LogP contribution < -0.4 is 37.6 Å². The Morgan fingerprint density at radius 1 is 1.13 bits per heavy atom. The number of nitrogens with zero attached hydrogens (tertiary/aromatic N) is 5. The van der Waals surface area contributed by atoms with Crippen molar-refractivity contribution in [3.63, 3.8) is 0 Å². The molecule has 0 fully saturated rings. The summed E-state index contributed by atoms with van der Waals surface area (Å²) in [5.74, 6) is 0.345. The summed E-state index contributed by atoms with van der Waals surface area (Å²) in [5, 5.41) is 16.7. The zero-order chi connectivity index (χ0) is 22.2. The lowest BCUT2D eigenvalue weighted by atomic mass is 10.2. The molecule has 15 heteroatoms. The lowest BCUT2D eigenvalue weighted by molar-refractivity contribution is 0.425. The van der Waals surface area contributed by atoms with Crippen LogP contribution in [0.4, 0.5) is 11.0 Å². The first-order chi connectivity index (χ1) is 14.7. The van der Waals surface area contributed by atoms with Crippen molar-refractivity contribution in [1.82, 2.24) is 14.5 Å². The number of rotatable bonds is 5. The topological polar surface area (TPSA) is 195 Å². The van der Waals surface area contributed by atoms with Gasteiger partial charge in [0.15, 0.2) is 11.2 Å². The third-order valence-corrected chi connectivity index (χ3v) is 5.61. The van der Waals surface area contributed by atoms with Gasteiger partial charge in [0, 0.05) is 5.39 Å². The average Bonchev–Trinajstić information content (AvgIpc) is 3.32. The monoisotopic (exact) mass is 460 g/mol. The van der Waals surface area contributed by atoms with Gasteiger partial charge in [-0.2, -0.15) is 19.6 Å². The molecule has 2 heterocycles. The third-order valence-electron chi connectivity index (χ3n) is 3.92. The average molecular weight is 460 g/mol. The molecule has 4 aromatic rings.